The van der Waals surface area contributed by atoms with E-state index in [9.17, 15) is 4.79 Å². The molecule has 3 heteroatoms. The highest BCUT2D eigenvalue weighted by atomic mass is 16.1. The third kappa shape index (κ3) is 4.86. The molecule has 0 radical (unpaired) electrons. The number of nitrogens with zero attached hydrogens (tertiary/aromatic N) is 1. The van der Waals surface area contributed by atoms with E-state index in [4.69, 9.17) is 0 Å². The molecule has 0 spiro atoms. The Morgan fingerprint density at radius 1 is 1.00 bits per heavy atom. The molecule has 0 aromatic heterocycles. The Hall–Kier alpha value is -2.13. The highest BCUT2D eigenvalue weighted by Gasteiger charge is 2.05. The van der Waals surface area contributed by atoms with Crippen LogP contribution < -0.4 is 5.32 Å². The smallest absolute Gasteiger partial charge is 0.225 e. The summed E-state index contributed by atoms with van der Waals surface area (Å²) < 4.78 is 0. The summed E-state index contributed by atoms with van der Waals surface area (Å²) >= 11 is 0. The number of benzene rings is 2. The minimum atomic E-state index is 0.0520. The molecule has 20 heavy (non-hydrogen) atoms. The predicted octanol–water partition coefficient (Wildman–Crippen LogP) is 3.15. The molecule has 2 rings (SSSR count). The Bertz CT molecular complexity index is 525. The maximum Gasteiger partial charge on any atom is 0.225 e. The SMILES string of the molecule is CN(CCC(=O)Nc1ccccc1)Cc1ccccc1. The van der Waals surface area contributed by atoms with E-state index >= 15 is 0 Å². The van der Waals surface area contributed by atoms with Gasteiger partial charge in [-0.15, -0.1) is 0 Å². The number of hydrogen-bond donors (Lipinski definition) is 1. The largest absolute Gasteiger partial charge is 0.326 e. The highest BCUT2D eigenvalue weighted by molar-refractivity contribution is 5.90. The molecule has 0 aliphatic carbocycles. The summed E-state index contributed by atoms with van der Waals surface area (Å²) in [6.07, 6.45) is 0.498. The van der Waals surface area contributed by atoms with Gasteiger partial charge in [0.2, 0.25) is 5.91 Å². The lowest BCUT2D eigenvalue weighted by molar-refractivity contribution is -0.116. The van der Waals surface area contributed by atoms with Gasteiger partial charge < -0.3 is 10.2 Å². The number of carbonyl (C=O) groups is 1. The molecule has 2 aromatic rings. The van der Waals surface area contributed by atoms with Crippen LogP contribution in [0, 0.1) is 0 Å². The van der Waals surface area contributed by atoms with Crippen LogP contribution in [-0.4, -0.2) is 24.4 Å². The molecule has 0 aliphatic rings. The summed E-state index contributed by atoms with van der Waals surface area (Å²) in [4.78, 5) is 14.0. The van der Waals surface area contributed by atoms with Gasteiger partial charge in [-0.3, -0.25) is 4.79 Å². The first-order valence-electron chi connectivity index (χ1n) is 6.81. The van der Waals surface area contributed by atoms with E-state index in [1.165, 1.54) is 5.56 Å². The maximum absolute atomic E-state index is 11.8. The van der Waals surface area contributed by atoms with Crippen LogP contribution in [0.25, 0.3) is 0 Å². The molecular weight excluding hydrogens is 248 g/mol. The fourth-order valence-corrected chi connectivity index (χ4v) is 2.01. The van der Waals surface area contributed by atoms with Crippen molar-refractivity contribution in [3.63, 3.8) is 0 Å². The van der Waals surface area contributed by atoms with Crippen molar-refractivity contribution in [1.82, 2.24) is 4.90 Å². The van der Waals surface area contributed by atoms with E-state index in [0.717, 1.165) is 18.8 Å². The molecular formula is C17H20N2O. The van der Waals surface area contributed by atoms with Gasteiger partial charge in [-0.25, -0.2) is 0 Å². The third-order valence-corrected chi connectivity index (χ3v) is 3.07. The van der Waals surface area contributed by atoms with Crippen molar-refractivity contribution in [1.29, 1.82) is 0 Å². The minimum Gasteiger partial charge on any atom is -0.326 e. The van der Waals surface area contributed by atoms with E-state index < -0.39 is 0 Å². The monoisotopic (exact) mass is 268 g/mol. The van der Waals surface area contributed by atoms with Crippen molar-refractivity contribution < 1.29 is 4.79 Å². The minimum absolute atomic E-state index is 0.0520. The second-order valence-electron chi connectivity index (χ2n) is 4.89. The zero-order chi connectivity index (χ0) is 14.2. The van der Waals surface area contributed by atoms with Crippen LogP contribution in [0.15, 0.2) is 60.7 Å². The number of para-hydroxylation sites is 1. The van der Waals surface area contributed by atoms with E-state index in [2.05, 4.69) is 22.3 Å². The number of carbonyl (C=O) groups excluding carboxylic acids is 1. The molecule has 0 aliphatic heterocycles. The van der Waals surface area contributed by atoms with Crippen LogP contribution in [0.3, 0.4) is 0 Å². The lowest BCUT2D eigenvalue weighted by Crippen LogP contribution is -2.24. The quantitative estimate of drug-likeness (QED) is 0.873. The summed E-state index contributed by atoms with van der Waals surface area (Å²) in [7, 11) is 2.03. The Morgan fingerprint density at radius 2 is 1.60 bits per heavy atom. The average molecular weight is 268 g/mol. The topological polar surface area (TPSA) is 32.3 Å². The van der Waals surface area contributed by atoms with Gasteiger partial charge in [0.25, 0.3) is 0 Å². The second-order valence-corrected chi connectivity index (χ2v) is 4.89. The number of anilines is 1. The van der Waals surface area contributed by atoms with Crippen molar-refractivity contribution >= 4 is 11.6 Å². The van der Waals surface area contributed by atoms with Gasteiger partial charge >= 0.3 is 0 Å². The Morgan fingerprint density at radius 3 is 2.25 bits per heavy atom. The van der Waals surface area contributed by atoms with Gasteiger partial charge in [0.05, 0.1) is 0 Å². The Kier molecular flexibility index (Phi) is 5.33. The Labute approximate surface area is 120 Å². The molecule has 1 N–H and O–H groups in total. The molecule has 0 atom stereocenters. The van der Waals surface area contributed by atoms with Crippen LogP contribution in [0.5, 0.6) is 0 Å². The van der Waals surface area contributed by atoms with Gasteiger partial charge in [0.1, 0.15) is 0 Å². The van der Waals surface area contributed by atoms with Gasteiger partial charge in [0, 0.05) is 25.2 Å². The van der Waals surface area contributed by atoms with Crippen LogP contribution in [0.4, 0.5) is 5.69 Å². The standard InChI is InChI=1S/C17H20N2O/c1-19(14-15-8-4-2-5-9-15)13-12-17(20)18-16-10-6-3-7-11-16/h2-11H,12-14H2,1H3,(H,18,20). The summed E-state index contributed by atoms with van der Waals surface area (Å²) in [6, 6.07) is 19.8. The second kappa shape index (κ2) is 7.46. The predicted molar refractivity (Wildman–Crippen MR) is 82.5 cm³/mol. The fourth-order valence-electron chi connectivity index (χ4n) is 2.01. The van der Waals surface area contributed by atoms with Crippen LogP contribution >= 0.6 is 0 Å². The summed E-state index contributed by atoms with van der Waals surface area (Å²) in [5.41, 5.74) is 2.11. The van der Waals surface area contributed by atoms with Crippen molar-refractivity contribution in [2.45, 2.75) is 13.0 Å². The summed E-state index contributed by atoms with van der Waals surface area (Å²) in [6.45, 7) is 1.60. The maximum atomic E-state index is 11.8. The molecule has 0 saturated carbocycles. The van der Waals surface area contributed by atoms with Crippen LogP contribution in [-0.2, 0) is 11.3 Å². The molecule has 0 unspecified atom stereocenters. The molecule has 3 nitrogen and oxygen atoms in total. The van der Waals surface area contributed by atoms with Crippen molar-refractivity contribution in [2.75, 3.05) is 18.9 Å². The molecule has 104 valence electrons. The van der Waals surface area contributed by atoms with Crippen molar-refractivity contribution in [3.8, 4) is 0 Å². The third-order valence-electron chi connectivity index (χ3n) is 3.07. The van der Waals surface area contributed by atoms with Crippen LogP contribution in [0.1, 0.15) is 12.0 Å². The zero-order valence-electron chi connectivity index (χ0n) is 11.8. The lowest BCUT2D eigenvalue weighted by Gasteiger charge is -2.16. The van der Waals surface area contributed by atoms with E-state index in [1.807, 2.05) is 55.6 Å². The van der Waals surface area contributed by atoms with Gasteiger partial charge in [-0.1, -0.05) is 48.5 Å². The van der Waals surface area contributed by atoms with Crippen LogP contribution in [0.2, 0.25) is 0 Å². The molecule has 0 saturated heterocycles. The first kappa shape index (κ1) is 14.3. The highest BCUT2D eigenvalue weighted by Crippen LogP contribution is 2.06. The van der Waals surface area contributed by atoms with E-state index in [0.29, 0.717) is 6.42 Å². The van der Waals surface area contributed by atoms with E-state index in [1.54, 1.807) is 0 Å². The molecule has 0 bridgehead atoms. The fraction of sp³-hybridized carbons (Fsp3) is 0.235. The zero-order valence-corrected chi connectivity index (χ0v) is 11.8. The number of hydrogen-bond acceptors (Lipinski definition) is 2. The van der Waals surface area contributed by atoms with Crippen molar-refractivity contribution in [2.24, 2.45) is 0 Å². The van der Waals surface area contributed by atoms with E-state index in [-0.39, 0.29) is 5.91 Å². The number of nitrogens with one attached hydrogen (secondary N) is 1. The first-order valence-corrected chi connectivity index (χ1v) is 6.81. The molecule has 1 amide bonds. The van der Waals surface area contributed by atoms with Gasteiger partial charge in [-0.2, -0.15) is 0 Å². The number of amides is 1. The van der Waals surface area contributed by atoms with Gasteiger partial charge in [0.15, 0.2) is 0 Å². The number of rotatable bonds is 6. The Balaban J connectivity index is 1.73. The average Bonchev–Trinajstić information content (AvgIpc) is 2.47. The molecule has 2 aromatic carbocycles. The first-order chi connectivity index (χ1) is 9.74. The normalized spacial score (nSPS) is 10.5. The van der Waals surface area contributed by atoms with Gasteiger partial charge in [-0.05, 0) is 24.7 Å². The molecule has 0 heterocycles. The summed E-state index contributed by atoms with van der Waals surface area (Å²) in [5, 5.41) is 2.90. The molecule has 0 fully saturated rings. The van der Waals surface area contributed by atoms with Crippen molar-refractivity contribution in [3.05, 3.63) is 66.2 Å². The lowest BCUT2D eigenvalue weighted by atomic mass is 10.2. The summed E-state index contributed by atoms with van der Waals surface area (Å²) in [5.74, 6) is 0.0520.